The van der Waals surface area contributed by atoms with Crippen LogP contribution in [0.4, 0.5) is 11.5 Å². The van der Waals surface area contributed by atoms with E-state index in [0.29, 0.717) is 24.6 Å². The molecule has 4 heteroatoms. The van der Waals surface area contributed by atoms with Crippen molar-refractivity contribution in [3.63, 3.8) is 0 Å². The number of anilines is 2. The summed E-state index contributed by atoms with van der Waals surface area (Å²) in [7, 11) is 0. The minimum absolute atomic E-state index is 0.416. The van der Waals surface area contributed by atoms with Gasteiger partial charge >= 0.3 is 0 Å². The molecule has 1 aliphatic heterocycles. The van der Waals surface area contributed by atoms with E-state index in [1.807, 2.05) is 78.9 Å². The van der Waals surface area contributed by atoms with Gasteiger partial charge < -0.3 is 10.1 Å². The number of ether oxygens (including phenoxy) is 1. The second-order valence-corrected chi connectivity index (χ2v) is 7.58. The number of nitrogens with one attached hydrogen (secondary N) is 1. The molecule has 0 aliphatic carbocycles. The van der Waals surface area contributed by atoms with Gasteiger partial charge in [-0.3, -0.25) is 0 Å². The molecule has 1 aromatic heterocycles. The molecule has 0 fully saturated rings. The molecule has 2 heterocycles. The Morgan fingerprint density at radius 1 is 0.844 bits per heavy atom. The number of nitrogens with zero attached hydrogens (tertiary/aromatic N) is 2. The average Bonchev–Trinajstić information content (AvgIpc) is 2.85. The monoisotopic (exact) mass is 415 g/mol. The predicted molar refractivity (Wildman–Crippen MR) is 128 cm³/mol. The number of rotatable bonds is 4. The van der Waals surface area contributed by atoms with Crippen LogP contribution >= 0.6 is 0 Å². The van der Waals surface area contributed by atoms with Crippen molar-refractivity contribution < 1.29 is 4.74 Å². The Kier molecular flexibility index (Phi) is 5.48. The zero-order chi connectivity index (χ0) is 21.8. The molecule has 154 valence electrons. The molecule has 0 radical (unpaired) electrons. The van der Waals surface area contributed by atoms with Gasteiger partial charge in [0.1, 0.15) is 17.5 Å². The summed E-state index contributed by atoms with van der Waals surface area (Å²) in [4.78, 5) is 4.96. The Balaban J connectivity index is 1.75. The SMILES string of the molecule is N#Cc1c(Nc2ccccc2)nc2c(c1-c1ccccc1)COC/C2=C\c1ccccc1. The van der Waals surface area contributed by atoms with Gasteiger partial charge in [0.05, 0.1) is 18.9 Å². The molecule has 0 unspecified atom stereocenters. The molecule has 1 N–H and O–H groups in total. The van der Waals surface area contributed by atoms with Crippen LogP contribution in [0.1, 0.15) is 22.4 Å². The summed E-state index contributed by atoms with van der Waals surface area (Å²) in [6, 6.07) is 32.4. The van der Waals surface area contributed by atoms with Crippen molar-refractivity contribution in [2.45, 2.75) is 6.61 Å². The Morgan fingerprint density at radius 3 is 2.19 bits per heavy atom. The Hall–Kier alpha value is -4.20. The molecule has 0 spiro atoms. The second kappa shape index (κ2) is 8.89. The van der Waals surface area contributed by atoms with E-state index >= 15 is 0 Å². The number of aromatic nitrogens is 1. The number of benzene rings is 3. The van der Waals surface area contributed by atoms with Crippen LogP contribution in [0.5, 0.6) is 0 Å². The van der Waals surface area contributed by atoms with Crippen LogP contribution in [0.2, 0.25) is 0 Å². The predicted octanol–water partition coefficient (Wildman–Crippen LogP) is 6.43. The maximum absolute atomic E-state index is 10.2. The van der Waals surface area contributed by atoms with E-state index in [1.54, 1.807) is 0 Å². The minimum Gasteiger partial charge on any atom is -0.372 e. The van der Waals surface area contributed by atoms with Gasteiger partial charge in [0.25, 0.3) is 0 Å². The first-order valence-corrected chi connectivity index (χ1v) is 10.5. The van der Waals surface area contributed by atoms with E-state index in [9.17, 15) is 5.26 Å². The molecule has 0 saturated heterocycles. The molecule has 0 atom stereocenters. The first kappa shape index (κ1) is 19.7. The zero-order valence-corrected chi connectivity index (χ0v) is 17.5. The summed E-state index contributed by atoms with van der Waals surface area (Å²) in [5.74, 6) is 0.553. The third-order valence-electron chi connectivity index (χ3n) is 5.46. The number of fused-ring (bicyclic) bond motifs is 1. The third kappa shape index (κ3) is 3.90. The number of pyridine rings is 1. The van der Waals surface area contributed by atoms with E-state index in [1.165, 1.54) is 0 Å². The lowest BCUT2D eigenvalue weighted by molar-refractivity contribution is 0.146. The van der Waals surface area contributed by atoms with E-state index in [-0.39, 0.29) is 0 Å². The van der Waals surface area contributed by atoms with Gasteiger partial charge in [0.15, 0.2) is 0 Å². The Bertz CT molecular complexity index is 1310. The summed E-state index contributed by atoms with van der Waals surface area (Å²) in [6.07, 6.45) is 2.11. The summed E-state index contributed by atoms with van der Waals surface area (Å²) in [5, 5.41) is 13.5. The van der Waals surface area contributed by atoms with Crippen LogP contribution < -0.4 is 5.32 Å². The van der Waals surface area contributed by atoms with Crippen LogP contribution in [0.25, 0.3) is 22.8 Å². The van der Waals surface area contributed by atoms with Gasteiger partial charge in [-0.25, -0.2) is 4.98 Å². The zero-order valence-electron chi connectivity index (χ0n) is 17.5. The van der Waals surface area contributed by atoms with Crippen molar-refractivity contribution >= 4 is 23.2 Å². The van der Waals surface area contributed by atoms with Gasteiger partial charge in [0.2, 0.25) is 0 Å². The summed E-state index contributed by atoms with van der Waals surface area (Å²) in [6.45, 7) is 0.888. The average molecular weight is 415 g/mol. The molecular weight excluding hydrogens is 394 g/mol. The smallest absolute Gasteiger partial charge is 0.149 e. The molecule has 32 heavy (non-hydrogen) atoms. The lowest BCUT2D eigenvalue weighted by Gasteiger charge is -2.25. The molecule has 0 saturated carbocycles. The number of nitriles is 1. The highest BCUT2D eigenvalue weighted by molar-refractivity contribution is 5.90. The Morgan fingerprint density at radius 2 is 1.50 bits per heavy atom. The van der Waals surface area contributed by atoms with Crippen molar-refractivity contribution in [3.8, 4) is 17.2 Å². The quantitative estimate of drug-likeness (QED) is 0.417. The number of hydrogen-bond donors (Lipinski definition) is 1. The van der Waals surface area contributed by atoms with Crippen LogP contribution in [0.3, 0.4) is 0 Å². The molecule has 0 bridgehead atoms. The van der Waals surface area contributed by atoms with Crippen molar-refractivity contribution in [2.24, 2.45) is 0 Å². The largest absolute Gasteiger partial charge is 0.372 e. The second-order valence-electron chi connectivity index (χ2n) is 7.58. The summed E-state index contributed by atoms with van der Waals surface area (Å²) in [5.41, 5.74) is 7.15. The van der Waals surface area contributed by atoms with Gasteiger partial charge in [-0.15, -0.1) is 0 Å². The van der Waals surface area contributed by atoms with Gasteiger partial charge in [-0.1, -0.05) is 78.9 Å². The number of hydrogen-bond acceptors (Lipinski definition) is 4. The minimum atomic E-state index is 0.416. The van der Waals surface area contributed by atoms with Crippen molar-refractivity contribution in [1.82, 2.24) is 4.98 Å². The van der Waals surface area contributed by atoms with E-state index in [4.69, 9.17) is 9.72 Å². The van der Waals surface area contributed by atoms with E-state index in [2.05, 4.69) is 29.6 Å². The summed E-state index contributed by atoms with van der Waals surface area (Å²) < 4.78 is 5.96. The fourth-order valence-electron chi connectivity index (χ4n) is 4.00. The fourth-order valence-corrected chi connectivity index (χ4v) is 4.00. The molecule has 1 aliphatic rings. The highest BCUT2D eigenvalue weighted by Gasteiger charge is 2.26. The first-order chi connectivity index (χ1) is 15.8. The standard InChI is InChI=1S/C28H21N3O/c29-17-24-26(21-12-6-2-7-13-21)25-19-32-18-22(16-20-10-4-1-5-11-20)27(25)31-28(24)30-23-14-8-3-9-15-23/h1-16H,18-19H2,(H,30,31)/b22-16+. The van der Waals surface area contributed by atoms with Crippen LogP contribution in [0, 0.1) is 11.3 Å². The van der Waals surface area contributed by atoms with Gasteiger partial charge in [0, 0.05) is 22.4 Å². The molecular formula is C28H21N3O. The van der Waals surface area contributed by atoms with E-state index in [0.717, 1.165) is 39.2 Å². The van der Waals surface area contributed by atoms with Crippen LogP contribution in [-0.4, -0.2) is 11.6 Å². The maximum atomic E-state index is 10.2. The number of para-hydroxylation sites is 1. The van der Waals surface area contributed by atoms with Crippen molar-refractivity contribution in [1.29, 1.82) is 5.26 Å². The fraction of sp³-hybridized carbons (Fsp3) is 0.0714. The molecule has 4 nitrogen and oxygen atoms in total. The summed E-state index contributed by atoms with van der Waals surface area (Å²) >= 11 is 0. The maximum Gasteiger partial charge on any atom is 0.149 e. The lowest BCUT2D eigenvalue weighted by atomic mass is 9.90. The van der Waals surface area contributed by atoms with Crippen LogP contribution in [0.15, 0.2) is 91.0 Å². The molecule has 3 aromatic carbocycles. The Labute approximate surface area is 187 Å². The van der Waals surface area contributed by atoms with E-state index < -0.39 is 0 Å². The topological polar surface area (TPSA) is 57.9 Å². The molecule has 0 amide bonds. The van der Waals surface area contributed by atoms with Crippen molar-refractivity contribution in [2.75, 3.05) is 11.9 Å². The van der Waals surface area contributed by atoms with Gasteiger partial charge in [-0.05, 0) is 29.3 Å². The normalized spacial score (nSPS) is 13.9. The highest BCUT2D eigenvalue weighted by atomic mass is 16.5. The van der Waals surface area contributed by atoms with Crippen molar-refractivity contribution in [3.05, 3.63) is 113 Å². The highest BCUT2D eigenvalue weighted by Crippen LogP contribution is 2.39. The van der Waals surface area contributed by atoms with Crippen LogP contribution in [-0.2, 0) is 11.3 Å². The first-order valence-electron chi connectivity index (χ1n) is 10.5. The molecule has 4 aromatic rings. The van der Waals surface area contributed by atoms with Gasteiger partial charge in [-0.2, -0.15) is 5.26 Å². The molecule has 5 rings (SSSR count). The lowest BCUT2D eigenvalue weighted by Crippen LogP contribution is -2.15. The third-order valence-corrected chi connectivity index (χ3v) is 5.46.